The predicted molar refractivity (Wildman–Crippen MR) is 78.2 cm³/mol. The molecule has 0 amide bonds. The van der Waals surface area contributed by atoms with Crippen molar-refractivity contribution in [2.75, 3.05) is 6.54 Å². The van der Waals surface area contributed by atoms with E-state index in [1.54, 1.807) is 0 Å². The lowest BCUT2D eigenvalue weighted by atomic mass is 10.2. The normalized spacial score (nSPS) is 12.7. The van der Waals surface area contributed by atoms with E-state index in [0.717, 1.165) is 17.9 Å². The van der Waals surface area contributed by atoms with E-state index in [0.29, 0.717) is 5.69 Å². The summed E-state index contributed by atoms with van der Waals surface area (Å²) in [7, 11) is 0. The molecule has 0 aliphatic heterocycles. The Morgan fingerprint density at radius 1 is 1.35 bits per heavy atom. The minimum atomic E-state index is -0.484. The van der Waals surface area contributed by atoms with Gasteiger partial charge in [0.05, 0.1) is 21.8 Å². The van der Waals surface area contributed by atoms with Crippen LogP contribution in [0.3, 0.4) is 0 Å². The van der Waals surface area contributed by atoms with E-state index < -0.39 is 5.82 Å². The van der Waals surface area contributed by atoms with Crippen LogP contribution in [0.5, 0.6) is 0 Å². The zero-order valence-corrected chi connectivity index (χ0v) is 12.9. The van der Waals surface area contributed by atoms with Crippen molar-refractivity contribution in [3.63, 3.8) is 0 Å². The van der Waals surface area contributed by atoms with Crippen molar-refractivity contribution in [1.82, 2.24) is 20.3 Å². The zero-order valence-electron chi connectivity index (χ0n) is 11.4. The summed E-state index contributed by atoms with van der Waals surface area (Å²) in [5.74, 6) is -0.484. The molecule has 1 unspecified atom stereocenters. The van der Waals surface area contributed by atoms with Crippen molar-refractivity contribution in [2.24, 2.45) is 0 Å². The first kappa shape index (κ1) is 15.2. The highest BCUT2D eigenvalue weighted by atomic mass is 35.5. The number of hydrogen-bond acceptors (Lipinski definition) is 3. The van der Waals surface area contributed by atoms with Gasteiger partial charge in [-0.1, -0.05) is 35.3 Å². The van der Waals surface area contributed by atoms with E-state index in [-0.39, 0.29) is 16.1 Å². The number of nitrogens with zero attached hydrogens (tertiary/aromatic N) is 3. The fraction of sp³-hybridized carbons (Fsp3) is 0.385. The minimum Gasteiger partial charge on any atom is -0.309 e. The lowest BCUT2D eigenvalue weighted by molar-refractivity contribution is 0.579. The molecule has 0 saturated heterocycles. The second-order valence-corrected chi connectivity index (χ2v) is 5.28. The van der Waals surface area contributed by atoms with E-state index in [1.807, 2.05) is 20.8 Å². The van der Waals surface area contributed by atoms with Crippen LogP contribution in [0.1, 0.15) is 31.3 Å². The lowest BCUT2D eigenvalue weighted by Gasteiger charge is -2.12. The van der Waals surface area contributed by atoms with Crippen LogP contribution in [-0.4, -0.2) is 21.5 Å². The summed E-state index contributed by atoms with van der Waals surface area (Å²) in [5, 5.41) is 11.9. The molecule has 7 heteroatoms. The maximum atomic E-state index is 13.2. The maximum Gasteiger partial charge on any atom is 0.126 e. The molecule has 2 aromatic rings. The van der Waals surface area contributed by atoms with E-state index in [4.69, 9.17) is 23.2 Å². The van der Waals surface area contributed by atoms with E-state index in [2.05, 4.69) is 15.6 Å². The Bertz CT molecular complexity index is 604. The first-order chi connectivity index (χ1) is 9.45. The molecule has 1 aromatic carbocycles. The van der Waals surface area contributed by atoms with Gasteiger partial charge in [0.1, 0.15) is 17.2 Å². The van der Waals surface area contributed by atoms with Gasteiger partial charge in [-0.05, 0) is 32.5 Å². The van der Waals surface area contributed by atoms with Gasteiger partial charge >= 0.3 is 0 Å². The Kier molecular flexibility index (Phi) is 4.62. The number of aromatic nitrogens is 3. The molecular weight excluding hydrogens is 302 g/mol. The van der Waals surface area contributed by atoms with Crippen molar-refractivity contribution in [3.8, 4) is 5.69 Å². The van der Waals surface area contributed by atoms with Crippen LogP contribution in [0.4, 0.5) is 4.39 Å². The molecule has 0 fully saturated rings. The third-order valence-corrected chi connectivity index (χ3v) is 3.62. The molecule has 1 atom stereocenters. The quantitative estimate of drug-likeness (QED) is 0.935. The smallest absolute Gasteiger partial charge is 0.126 e. The van der Waals surface area contributed by atoms with Gasteiger partial charge in [0.2, 0.25) is 0 Å². The Labute approximate surface area is 126 Å². The molecule has 1 aromatic heterocycles. The SMILES string of the molecule is CCNC(C)c1nnn(-c2c(Cl)cc(F)cc2Cl)c1C. The van der Waals surface area contributed by atoms with E-state index in [1.165, 1.54) is 16.8 Å². The van der Waals surface area contributed by atoms with Gasteiger partial charge in [-0.2, -0.15) is 0 Å². The number of nitrogens with one attached hydrogen (secondary N) is 1. The Morgan fingerprint density at radius 3 is 2.50 bits per heavy atom. The van der Waals surface area contributed by atoms with Crippen LogP contribution in [0.25, 0.3) is 5.69 Å². The van der Waals surface area contributed by atoms with Crippen molar-refractivity contribution >= 4 is 23.2 Å². The fourth-order valence-corrected chi connectivity index (χ4v) is 2.71. The van der Waals surface area contributed by atoms with Gasteiger partial charge < -0.3 is 5.32 Å². The van der Waals surface area contributed by atoms with Crippen molar-refractivity contribution in [3.05, 3.63) is 39.4 Å². The van der Waals surface area contributed by atoms with Crippen LogP contribution in [-0.2, 0) is 0 Å². The number of rotatable bonds is 4. The second kappa shape index (κ2) is 6.08. The highest BCUT2D eigenvalue weighted by Gasteiger charge is 2.19. The molecule has 0 aliphatic rings. The number of hydrogen-bond donors (Lipinski definition) is 1. The van der Waals surface area contributed by atoms with Gasteiger partial charge in [0.25, 0.3) is 0 Å². The first-order valence-corrected chi connectivity index (χ1v) is 7.01. The van der Waals surface area contributed by atoms with Crippen LogP contribution in [0, 0.1) is 12.7 Å². The van der Waals surface area contributed by atoms with Gasteiger partial charge in [0, 0.05) is 0 Å². The third-order valence-electron chi connectivity index (χ3n) is 3.04. The molecular formula is C13H15Cl2FN4. The van der Waals surface area contributed by atoms with E-state index >= 15 is 0 Å². The Morgan fingerprint density at radius 2 is 1.95 bits per heavy atom. The summed E-state index contributed by atoms with van der Waals surface area (Å²) >= 11 is 12.1. The molecule has 0 bridgehead atoms. The van der Waals surface area contributed by atoms with Crippen molar-refractivity contribution in [1.29, 1.82) is 0 Å². The average molecular weight is 317 g/mol. The molecule has 0 aliphatic carbocycles. The molecule has 1 N–H and O–H groups in total. The van der Waals surface area contributed by atoms with Crippen LogP contribution >= 0.6 is 23.2 Å². The van der Waals surface area contributed by atoms with E-state index in [9.17, 15) is 4.39 Å². The molecule has 0 saturated carbocycles. The molecule has 2 rings (SSSR count). The molecule has 0 radical (unpaired) electrons. The monoisotopic (exact) mass is 316 g/mol. The topological polar surface area (TPSA) is 42.7 Å². The predicted octanol–water partition coefficient (Wildman–Crippen LogP) is 3.69. The summed E-state index contributed by atoms with van der Waals surface area (Å²) in [6.45, 7) is 6.72. The Hall–Kier alpha value is -1.17. The highest BCUT2D eigenvalue weighted by Crippen LogP contribution is 2.31. The van der Waals surface area contributed by atoms with Crippen molar-refractivity contribution in [2.45, 2.75) is 26.8 Å². The summed E-state index contributed by atoms with van der Waals surface area (Å²) in [6, 6.07) is 2.47. The summed E-state index contributed by atoms with van der Waals surface area (Å²) in [6.07, 6.45) is 0. The highest BCUT2D eigenvalue weighted by molar-refractivity contribution is 6.37. The van der Waals surface area contributed by atoms with Crippen molar-refractivity contribution < 1.29 is 4.39 Å². The van der Waals surface area contributed by atoms with Gasteiger partial charge in [-0.3, -0.25) is 0 Å². The van der Waals surface area contributed by atoms with Gasteiger partial charge in [-0.15, -0.1) is 5.10 Å². The standard InChI is InChI=1S/C13H15Cl2FN4/c1-4-17-7(2)12-8(3)20(19-18-12)13-10(14)5-9(16)6-11(13)15/h5-7,17H,4H2,1-3H3. The third kappa shape index (κ3) is 2.80. The van der Waals surface area contributed by atoms with Crippen LogP contribution < -0.4 is 5.32 Å². The first-order valence-electron chi connectivity index (χ1n) is 6.26. The average Bonchev–Trinajstić information content (AvgIpc) is 2.71. The van der Waals surface area contributed by atoms with Gasteiger partial charge in [-0.25, -0.2) is 9.07 Å². The zero-order chi connectivity index (χ0) is 14.9. The lowest BCUT2D eigenvalue weighted by Crippen LogP contribution is -2.19. The largest absolute Gasteiger partial charge is 0.309 e. The number of benzene rings is 1. The molecule has 0 spiro atoms. The van der Waals surface area contributed by atoms with Crippen LogP contribution in [0.2, 0.25) is 10.0 Å². The summed E-state index contributed by atoms with van der Waals surface area (Å²) < 4.78 is 14.8. The molecule has 108 valence electrons. The molecule has 4 nitrogen and oxygen atoms in total. The molecule has 20 heavy (non-hydrogen) atoms. The maximum absolute atomic E-state index is 13.2. The van der Waals surface area contributed by atoms with Gasteiger partial charge in [0.15, 0.2) is 0 Å². The molecule has 1 heterocycles. The minimum absolute atomic E-state index is 0.0618. The fourth-order valence-electron chi connectivity index (χ4n) is 2.09. The number of halogens is 3. The second-order valence-electron chi connectivity index (χ2n) is 4.47. The van der Waals surface area contributed by atoms with Crippen LogP contribution in [0.15, 0.2) is 12.1 Å². The Balaban J connectivity index is 2.50. The summed E-state index contributed by atoms with van der Waals surface area (Å²) in [4.78, 5) is 0. The summed E-state index contributed by atoms with van der Waals surface area (Å²) in [5.41, 5.74) is 2.06.